The molecule has 5 nitrogen and oxygen atoms in total. The SMILES string of the molecule is O=c1[nH]c2ccc(C3(CCO)COC3)cc2[nH]1. The molecule has 2 heterocycles. The van der Waals surface area contributed by atoms with Crippen LogP contribution in [0.15, 0.2) is 23.0 Å². The Morgan fingerprint density at radius 3 is 2.71 bits per heavy atom. The third-order valence-corrected chi connectivity index (χ3v) is 3.48. The molecule has 2 aromatic rings. The number of H-pyrrole nitrogens is 2. The van der Waals surface area contributed by atoms with Crippen molar-refractivity contribution in [3.05, 3.63) is 34.2 Å². The fourth-order valence-electron chi connectivity index (χ4n) is 2.38. The third-order valence-electron chi connectivity index (χ3n) is 3.48. The molecule has 0 aliphatic carbocycles. The number of aliphatic hydroxyl groups excluding tert-OH is 1. The summed E-state index contributed by atoms with van der Waals surface area (Å²) in [4.78, 5) is 16.6. The maximum atomic E-state index is 11.2. The molecule has 0 bridgehead atoms. The maximum absolute atomic E-state index is 11.2. The van der Waals surface area contributed by atoms with Gasteiger partial charge in [0, 0.05) is 12.0 Å². The lowest BCUT2D eigenvalue weighted by atomic mass is 9.76. The van der Waals surface area contributed by atoms with Crippen molar-refractivity contribution in [1.82, 2.24) is 9.97 Å². The summed E-state index contributed by atoms with van der Waals surface area (Å²) < 4.78 is 5.27. The Labute approximate surface area is 97.4 Å². The van der Waals surface area contributed by atoms with Crippen LogP contribution in [0.4, 0.5) is 0 Å². The van der Waals surface area contributed by atoms with Gasteiger partial charge in [-0.05, 0) is 24.1 Å². The molecule has 3 N–H and O–H groups in total. The molecule has 0 saturated carbocycles. The van der Waals surface area contributed by atoms with Crippen LogP contribution in [-0.2, 0) is 10.2 Å². The molecule has 1 aliphatic heterocycles. The van der Waals surface area contributed by atoms with Gasteiger partial charge in [0.05, 0.1) is 24.2 Å². The fourth-order valence-corrected chi connectivity index (χ4v) is 2.38. The number of rotatable bonds is 3. The van der Waals surface area contributed by atoms with E-state index in [0.717, 1.165) is 16.6 Å². The van der Waals surface area contributed by atoms with Gasteiger partial charge >= 0.3 is 5.69 Å². The highest BCUT2D eigenvalue weighted by atomic mass is 16.5. The Morgan fingerprint density at radius 1 is 1.29 bits per heavy atom. The first-order chi connectivity index (χ1) is 8.23. The van der Waals surface area contributed by atoms with E-state index in [1.165, 1.54) is 0 Å². The van der Waals surface area contributed by atoms with Crippen LogP contribution in [0.3, 0.4) is 0 Å². The number of fused-ring (bicyclic) bond motifs is 1. The number of benzene rings is 1. The van der Waals surface area contributed by atoms with Crippen LogP contribution >= 0.6 is 0 Å². The number of hydrogen-bond acceptors (Lipinski definition) is 3. The second-order valence-corrected chi connectivity index (χ2v) is 4.59. The minimum Gasteiger partial charge on any atom is -0.396 e. The van der Waals surface area contributed by atoms with Crippen LogP contribution < -0.4 is 5.69 Å². The van der Waals surface area contributed by atoms with Crippen molar-refractivity contribution in [1.29, 1.82) is 0 Å². The van der Waals surface area contributed by atoms with E-state index in [0.29, 0.717) is 19.6 Å². The molecule has 1 aliphatic rings. The van der Waals surface area contributed by atoms with E-state index in [1.54, 1.807) is 0 Å². The largest absolute Gasteiger partial charge is 0.396 e. The molecule has 1 aromatic heterocycles. The van der Waals surface area contributed by atoms with Crippen molar-refractivity contribution in [3.63, 3.8) is 0 Å². The second-order valence-electron chi connectivity index (χ2n) is 4.59. The number of aromatic amines is 2. The molecule has 5 heteroatoms. The van der Waals surface area contributed by atoms with Gasteiger partial charge in [-0.2, -0.15) is 0 Å². The number of aliphatic hydroxyl groups is 1. The van der Waals surface area contributed by atoms with Crippen LogP contribution in [-0.4, -0.2) is 34.9 Å². The molecule has 3 rings (SSSR count). The van der Waals surface area contributed by atoms with Crippen molar-refractivity contribution in [2.45, 2.75) is 11.8 Å². The lowest BCUT2D eigenvalue weighted by Gasteiger charge is -2.41. The van der Waals surface area contributed by atoms with Gasteiger partial charge in [-0.25, -0.2) is 4.79 Å². The van der Waals surface area contributed by atoms with Gasteiger partial charge in [0.2, 0.25) is 0 Å². The van der Waals surface area contributed by atoms with Gasteiger partial charge in [-0.3, -0.25) is 0 Å². The Bertz CT molecular complexity index is 595. The normalized spacial score (nSPS) is 18.2. The predicted molar refractivity (Wildman–Crippen MR) is 63.1 cm³/mol. The van der Waals surface area contributed by atoms with Crippen LogP contribution in [0.5, 0.6) is 0 Å². The van der Waals surface area contributed by atoms with Crippen molar-refractivity contribution < 1.29 is 9.84 Å². The minimum atomic E-state index is -0.196. The van der Waals surface area contributed by atoms with E-state index in [-0.39, 0.29) is 17.7 Å². The second kappa shape index (κ2) is 3.72. The molecule has 0 unspecified atom stereocenters. The molecule has 1 fully saturated rings. The predicted octanol–water partition coefficient (Wildman–Crippen LogP) is 0.507. The molecule has 90 valence electrons. The monoisotopic (exact) mass is 234 g/mol. The van der Waals surface area contributed by atoms with Gasteiger partial charge in [0.1, 0.15) is 0 Å². The molecule has 17 heavy (non-hydrogen) atoms. The van der Waals surface area contributed by atoms with E-state index >= 15 is 0 Å². The minimum absolute atomic E-state index is 0.0862. The Balaban J connectivity index is 2.07. The lowest BCUT2D eigenvalue weighted by molar-refractivity contribution is -0.0700. The van der Waals surface area contributed by atoms with Gasteiger partial charge in [0.25, 0.3) is 0 Å². The molecule has 1 saturated heterocycles. The molecule has 0 atom stereocenters. The van der Waals surface area contributed by atoms with Crippen LogP contribution in [0.1, 0.15) is 12.0 Å². The highest BCUT2D eigenvalue weighted by molar-refractivity contribution is 5.75. The Kier molecular flexibility index (Phi) is 2.31. The van der Waals surface area contributed by atoms with E-state index in [2.05, 4.69) is 9.97 Å². The van der Waals surface area contributed by atoms with Crippen LogP contribution in [0, 0.1) is 0 Å². The summed E-state index contributed by atoms with van der Waals surface area (Å²) in [5, 5.41) is 9.13. The summed E-state index contributed by atoms with van der Waals surface area (Å²) in [6, 6.07) is 5.84. The number of aromatic nitrogens is 2. The quantitative estimate of drug-likeness (QED) is 0.724. The molecule has 0 spiro atoms. The zero-order chi connectivity index (χ0) is 11.9. The van der Waals surface area contributed by atoms with Crippen molar-refractivity contribution >= 4 is 11.0 Å². The van der Waals surface area contributed by atoms with Crippen molar-refractivity contribution in [2.75, 3.05) is 19.8 Å². The first-order valence-electron chi connectivity index (χ1n) is 5.65. The average Bonchev–Trinajstić information content (AvgIpc) is 2.62. The smallest absolute Gasteiger partial charge is 0.323 e. The van der Waals surface area contributed by atoms with E-state index in [9.17, 15) is 4.79 Å². The third kappa shape index (κ3) is 1.59. The van der Waals surface area contributed by atoms with E-state index in [1.807, 2.05) is 18.2 Å². The number of imidazole rings is 1. The molecule has 1 aromatic carbocycles. The molecular weight excluding hydrogens is 220 g/mol. The summed E-state index contributed by atoms with van der Waals surface area (Å²) in [5.41, 5.74) is 2.44. The van der Waals surface area contributed by atoms with Gasteiger partial charge in [-0.1, -0.05) is 6.07 Å². The first-order valence-corrected chi connectivity index (χ1v) is 5.65. The summed E-state index contributed by atoms with van der Waals surface area (Å²) in [5.74, 6) is 0. The van der Waals surface area contributed by atoms with E-state index < -0.39 is 0 Å². The first kappa shape index (κ1) is 10.6. The van der Waals surface area contributed by atoms with Crippen molar-refractivity contribution in [3.8, 4) is 0 Å². The van der Waals surface area contributed by atoms with Gasteiger partial charge in [-0.15, -0.1) is 0 Å². The zero-order valence-corrected chi connectivity index (χ0v) is 9.32. The standard InChI is InChI=1S/C12H14N2O3/c15-4-3-12(6-17-7-12)8-1-2-9-10(5-8)14-11(16)13-9/h1-2,5,15H,3-4,6-7H2,(H2,13,14,16). The van der Waals surface area contributed by atoms with Crippen molar-refractivity contribution in [2.24, 2.45) is 0 Å². The lowest BCUT2D eigenvalue weighted by Crippen LogP contribution is -2.47. The Morgan fingerprint density at radius 2 is 2.06 bits per heavy atom. The fraction of sp³-hybridized carbons (Fsp3) is 0.417. The van der Waals surface area contributed by atoms with Gasteiger partial charge < -0.3 is 19.8 Å². The highest BCUT2D eigenvalue weighted by Crippen LogP contribution is 2.36. The van der Waals surface area contributed by atoms with Crippen LogP contribution in [0.25, 0.3) is 11.0 Å². The summed E-state index contributed by atoms with van der Waals surface area (Å²) in [6.45, 7) is 1.41. The average molecular weight is 234 g/mol. The van der Waals surface area contributed by atoms with Crippen LogP contribution in [0.2, 0.25) is 0 Å². The molecule has 0 amide bonds. The highest BCUT2D eigenvalue weighted by Gasteiger charge is 2.39. The molecule has 0 radical (unpaired) electrons. The number of hydrogen-bond donors (Lipinski definition) is 3. The topological polar surface area (TPSA) is 78.1 Å². The number of nitrogens with one attached hydrogen (secondary N) is 2. The Hall–Kier alpha value is -1.59. The zero-order valence-electron chi connectivity index (χ0n) is 9.32. The van der Waals surface area contributed by atoms with Gasteiger partial charge in [0.15, 0.2) is 0 Å². The number of ether oxygens (including phenoxy) is 1. The van der Waals surface area contributed by atoms with E-state index in [4.69, 9.17) is 9.84 Å². The summed E-state index contributed by atoms with van der Waals surface area (Å²) in [7, 11) is 0. The maximum Gasteiger partial charge on any atom is 0.323 e. The summed E-state index contributed by atoms with van der Waals surface area (Å²) >= 11 is 0. The molecular formula is C12H14N2O3. The summed E-state index contributed by atoms with van der Waals surface area (Å²) in [6.07, 6.45) is 0.688.